The van der Waals surface area contributed by atoms with Crippen molar-refractivity contribution in [3.63, 3.8) is 0 Å². The molecule has 10 aromatic rings. The summed E-state index contributed by atoms with van der Waals surface area (Å²) in [4.78, 5) is 6.87. The van der Waals surface area contributed by atoms with E-state index in [0.717, 1.165) is 39.4 Å². The summed E-state index contributed by atoms with van der Waals surface area (Å²) < 4.78 is 31.4. The van der Waals surface area contributed by atoms with Crippen LogP contribution in [0.15, 0.2) is 163 Å². The van der Waals surface area contributed by atoms with Crippen LogP contribution < -0.4 is 9.47 Å². The number of ether oxygens (including phenoxy) is 2. The van der Waals surface area contributed by atoms with Gasteiger partial charge in [-0.2, -0.15) is 0 Å². The first-order valence-corrected chi connectivity index (χ1v) is 23.2. The Balaban J connectivity index is 0.000000190. The first kappa shape index (κ1) is 50.8. The molecule has 328 valence electrons. The second-order valence-electron chi connectivity index (χ2n) is 13.7. The van der Waals surface area contributed by atoms with Crippen molar-refractivity contribution >= 4 is 66.4 Å². The predicted molar refractivity (Wildman–Crippen MR) is 268 cm³/mol. The summed E-state index contributed by atoms with van der Waals surface area (Å²) in [5, 5.41) is 5.61. The Labute approximate surface area is 384 Å². The molecule has 0 saturated heterocycles. The molecule has 0 aliphatic heterocycles. The molecular weight excluding hydrogens is 849 g/mol. The van der Waals surface area contributed by atoms with Crippen LogP contribution in [0.5, 0.6) is 11.0 Å². The van der Waals surface area contributed by atoms with Crippen LogP contribution in [0.2, 0.25) is 0 Å². The summed E-state index contributed by atoms with van der Waals surface area (Å²) in [5.41, 5.74) is 0.972. The van der Waals surface area contributed by atoms with Crippen molar-refractivity contribution < 1.29 is 27.1 Å². The molecule has 0 fully saturated rings. The van der Waals surface area contributed by atoms with Crippen molar-refractivity contribution in [2.24, 2.45) is 0 Å². The third-order valence-electron chi connectivity index (χ3n) is 8.01. The Morgan fingerprint density at radius 3 is 1.39 bits per heavy atom. The summed E-state index contributed by atoms with van der Waals surface area (Å²) in [6.45, 7) is 20.2. The average molecular weight is 909 g/mol. The number of thiophene rings is 4. The first-order chi connectivity index (χ1) is 29.7. The van der Waals surface area contributed by atoms with E-state index in [1.807, 2.05) is 130 Å². The zero-order chi connectivity index (χ0) is 45.3. The van der Waals surface area contributed by atoms with E-state index in [9.17, 15) is 0 Å². The number of aryl methyl sites for hydroxylation is 10. The molecule has 10 rings (SSSR count). The summed E-state index contributed by atoms with van der Waals surface area (Å²) in [6, 6.07) is 44.5. The van der Waals surface area contributed by atoms with Gasteiger partial charge in [0.15, 0.2) is 5.06 Å². The van der Waals surface area contributed by atoms with Crippen molar-refractivity contribution in [1.82, 2.24) is 0 Å². The van der Waals surface area contributed by atoms with E-state index in [1.165, 1.54) is 39.9 Å². The summed E-state index contributed by atoms with van der Waals surface area (Å²) in [6.07, 6.45) is 1.66. The molecule has 0 amide bonds. The van der Waals surface area contributed by atoms with Gasteiger partial charge in [-0.15, -0.1) is 45.3 Å². The lowest BCUT2D eigenvalue weighted by atomic mass is 10.2. The number of hydrogen-bond donors (Lipinski definition) is 0. The largest absolute Gasteiger partial charge is 0.487 e. The Hall–Kier alpha value is -5.52. The number of methoxy groups -OCH3 is 2. The lowest BCUT2D eigenvalue weighted by Gasteiger charge is -1.87. The molecule has 0 unspecified atom stereocenters. The SMILES string of the molecule is COc1ccc(C)o1.COc1ccc(C)s1.Cc1cc2ccccc2o1.Cc1cc2ccccc2s1.Cc1ccc(C)o1.Cc1ccc(C)s1.Cc1ccco1.Cc1cccs1. The van der Waals surface area contributed by atoms with Crippen molar-refractivity contribution in [2.75, 3.05) is 14.2 Å². The first-order valence-electron chi connectivity index (χ1n) is 19.9. The maximum atomic E-state index is 5.37. The Kier molecular flexibility index (Phi) is 23.1. The smallest absolute Gasteiger partial charge is 0.284 e. The standard InChI is InChI=1S/C9H8O.C9H8S.C6H8O2.C6H8OS.C6H8O.C6H8S.C5H6O.C5H6S/c2*1-7-6-8-4-2-3-5-9(8)10-7;2*1-5-3-4-6(7-2)8-5;2*1-5-3-4-6(2)7-5;2*1-5-3-2-4-6-5/h2*2-6H,1H3;2*3-4H,1-2H3;2*3-4H,1-2H3;2*2-4H,1H3. The van der Waals surface area contributed by atoms with Crippen LogP contribution >= 0.6 is 45.3 Å². The molecule has 8 aromatic heterocycles. The molecule has 0 saturated carbocycles. The second kappa shape index (κ2) is 28.2. The maximum Gasteiger partial charge on any atom is 0.284 e. The molecule has 8 heterocycles. The number of furan rings is 4. The van der Waals surface area contributed by atoms with Crippen LogP contribution in [0.3, 0.4) is 0 Å². The van der Waals surface area contributed by atoms with Gasteiger partial charge in [-0.1, -0.05) is 42.5 Å². The minimum atomic E-state index is 0.572. The van der Waals surface area contributed by atoms with Crippen molar-refractivity contribution in [1.29, 1.82) is 0 Å². The summed E-state index contributed by atoms with van der Waals surface area (Å²) in [7, 11) is 3.27. The van der Waals surface area contributed by atoms with Gasteiger partial charge in [0.05, 0.1) is 20.5 Å². The highest BCUT2D eigenvalue weighted by Gasteiger charge is 1.96. The van der Waals surface area contributed by atoms with Crippen LogP contribution in [0.4, 0.5) is 0 Å². The van der Waals surface area contributed by atoms with Crippen LogP contribution in [0, 0.1) is 69.2 Å². The van der Waals surface area contributed by atoms with Crippen LogP contribution in [0.1, 0.15) is 53.2 Å². The molecule has 10 heteroatoms. The molecule has 0 radical (unpaired) electrons. The van der Waals surface area contributed by atoms with Crippen LogP contribution in [0.25, 0.3) is 21.1 Å². The minimum absolute atomic E-state index is 0.572. The number of rotatable bonds is 2. The van der Waals surface area contributed by atoms with E-state index < -0.39 is 0 Å². The molecule has 0 spiro atoms. The predicted octanol–water partition coefficient (Wildman–Crippen LogP) is 17.5. The fraction of sp³-hybridized carbons (Fsp3) is 0.231. The van der Waals surface area contributed by atoms with Gasteiger partial charge in [0, 0.05) is 40.5 Å². The highest BCUT2D eigenvalue weighted by molar-refractivity contribution is 7.19. The van der Waals surface area contributed by atoms with E-state index in [2.05, 4.69) is 94.6 Å². The van der Waals surface area contributed by atoms with Gasteiger partial charge >= 0.3 is 0 Å². The van der Waals surface area contributed by atoms with E-state index in [4.69, 9.17) is 27.1 Å². The Morgan fingerprint density at radius 2 is 1.02 bits per heavy atom. The molecule has 0 atom stereocenters. The molecule has 0 bridgehead atoms. The molecule has 0 aliphatic rings. The number of fused-ring (bicyclic) bond motifs is 2. The zero-order valence-corrected chi connectivity index (χ0v) is 41.2. The molecule has 2 aromatic carbocycles. The third kappa shape index (κ3) is 20.8. The lowest BCUT2D eigenvalue weighted by Crippen LogP contribution is -1.75. The zero-order valence-electron chi connectivity index (χ0n) is 37.9. The molecular formula is C52H60O6S4. The quantitative estimate of drug-likeness (QED) is 0.172. The van der Waals surface area contributed by atoms with E-state index >= 15 is 0 Å². The van der Waals surface area contributed by atoms with Gasteiger partial charge in [-0.25, -0.2) is 0 Å². The number of hydrogen-bond acceptors (Lipinski definition) is 10. The highest BCUT2D eigenvalue weighted by atomic mass is 32.1. The maximum absolute atomic E-state index is 5.37. The Morgan fingerprint density at radius 1 is 0.403 bits per heavy atom. The van der Waals surface area contributed by atoms with Crippen LogP contribution in [-0.2, 0) is 0 Å². The minimum Gasteiger partial charge on any atom is -0.487 e. The van der Waals surface area contributed by atoms with Crippen molar-refractivity contribution in [3.8, 4) is 11.0 Å². The van der Waals surface area contributed by atoms with Gasteiger partial charge in [0.2, 0.25) is 0 Å². The van der Waals surface area contributed by atoms with Crippen molar-refractivity contribution in [3.05, 3.63) is 198 Å². The lowest BCUT2D eigenvalue weighted by molar-refractivity contribution is 0.298. The van der Waals surface area contributed by atoms with Gasteiger partial charge < -0.3 is 27.1 Å². The molecule has 62 heavy (non-hydrogen) atoms. The van der Waals surface area contributed by atoms with Crippen LogP contribution in [-0.4, -0.2) is 14.2 Å². The molecule has 0 aliphatic carbocycles. The van der Waals surface area contributed by atoms with E-state index in [-0.39, 0.29) is 0 Å². The van der Waals surface area contributed by atoms with Gasteiger partial charge in [-0.3, -0.25) is 0 Å². The monoisotopic (exact) mass is 908 g/mol. The number of para-hydroxylation sites is 1. The van der Waals surface area contributed by atoms with Gasteiger partial charge in [0.25, 0.3) is 5.95 Å². The molecule has 6 nitrogen and oxygen atoms in total. The summed E-state index contributed by atoms with van der Waals surface area (Å²) in [5.74, 6) is 5.36. The fourth-order valence-corrected chi connectivity index (χ4v) is 8.01. The molecule has 0 N–H and O–H groups in total. The fourth-order valence-electron chi connectivity index (χ4n) is 5.11. The van der Waals surface area contributed by atoms with Gasteiger partial charge in [-0.05, 0) is 165 Å². The summed E-state index contributed by atoms with van der Waals surface area (Å²) >= 11 is 7.14. The topological polar surface area (TPSA) is 71.0 Å². The Bertz CT molecular complexity index is 2340. The van der Waals surface area contributed by atoms with E-state index in [0.29, 0.717) is 5.95 Å². The number of benzene rings is 2. The average Bonchev–Trinajstić information content (AvgIpc) is 4.10. The highest BCUT2D eigenvalue weighted by Crippen LogP contribution is 2.24. The van der Waals surface area contributed by atoms with Gasteiger partial charge in [0.1, 0.15) is 34.4 Å². The van der Waals surface area contributed by atoms with Crippen molar-refractivity contribution in [2.45, 2.75) is 69.2 Å². The third-order valence-corrected chi connectivity index (χ3v) is 11.7. The second-order valence-corrected chi connectivity index (χ2v) is 18.9. The normalized spacial score (nSPS) is 9.61. The van der Waals surface area contributed by atoms with E-state index in [1.54, 1.807) is 49.2 Å².